The van der Waals surface area contributed by atoms with E-state index in [1.807, 2.05) is 18.2 Å². The van der Waals surface area contributed by atoms with Gasteiger partial charge in [0, 0.05) is 17.4 Å². The number of carboxylic acid groups (broad SMARTS) is 1. The second kappa shape index (κ2) is 15.6. The van der Waals surface area contributed by atoms with Crippen LogP contribution in [-0.2, 0) is 25.0 Å². The van der Waals surface area contributed by atoms with Crippen LogP contribution in [0, 0.1) is 0 Å². The Hall–Kier alpha value is -3.18. The summed E-state index contributed by atoms with van der Waals surface area (Å²) in [7, 11) is -0.163. The van der Waals surface area contributed by atoms with E-state index in [2.05, 4.69) is 10.1 Å². The Morgan fingerprint density at radius 3 is 2.47 bits per heavy atom. The van der Waals surface area contributed by atoms with Crippen LogP contribution in [-0.4, -0.2) is 58.7 Å². The number of aliphatic carboxylic acids is 1. The number of fused-ring (bicyclic) bond motifs is 1. The highest BCUT2D eigenvalue weighted by Gasteiger charge is 2.25. The van der Waals surface area contributed by atoms with Crippen molar-refractivity contribution in [3.8, 4) is 5.75 Å². The summed E-state index contributed by atoms with van der Waals surface area (Å²) >= 11 is 0. The Bertz CT molecular complexity index is 1020. The van der Waals surface area contributed by atoms with Crippen molar-refractivity contribution in [2.45, 2.75) is 31.9 Å². The number of aromatic nitrogens is 3. The molecule has 0 aliphatic carbocycles. The first kappa shape index (κ1) is 28.9. The first-order valence-electron chi connectivity index (χ1n) is 10.1. The Kier molecular flexibility index (Phi) is 13.3. The van der Waals surface area contributed by atoms with Gasteiger partial charge in [0.25, 0.3) is 0 Å². The summed E-state index contributed by atoms with van der Waals surface area (Å²) in [5.74, 6) is -0.0255. The molecule has 5 N–H and O–H groups in total. The molecule has 0 bridgehead atoms. The number of hydrogen-bond donors (Lipinski definition) is 3. The third-order valence-electron chi connectivity index (χ3n) is 4.29. The van der Waals surface area contributed by atoms with E-state index in [1.54, 1.807) is 35.9 Å². The summed E-state index contributed by atoms with van der Waals surface area (Å²) in [4.78, 5) is 13.5. The normalized spacial score (nSPS) is 12.4. The summed E-state index contributed by atoms with van der Waals surface area (Å²) in [5.41, 5.74) is 12.4. The minimum absolute atomic E-state index is 0.166. The summed E-state index contributed by atoms with van der Waals surface area (Å²) in [6, 6.07) is 12.0. The van der Waals surface area contributed by atoms with Crippen molar-refractivity contribution in [2.24, 2.45) is 5.73 Å². The average Bonchev–Trinajstić information content (AvgIpc) is 3.26. The van der Waals surface area contributed by atoms with Crippen molar-refractivity contribution < 1.29 is 32.6 Å². The van der Waals surface area contributed by atoms with Gasteiger partial charge >= 0.3 is 14.2 Å². The zero-order chi connectivity index (χ0) is 25.5. The number of carbonyl (C=O) groups is 1. The van der Waals surface area contributed by atoms with E-state index in [1.165, 1.54) is 13.3 Å². The Morgan fingerprint density at radius 1 is 1.24 bits per heavy atom. The Labute approximate surface area is 197 Å². The summed E-state index contributed by atoms with van der Waals surface area (Å²) < 4.78 is 39.1. The van der Waals surface area contributed by atoms with Gasteiger partial charge in [-0.25, -0.2) is 14.0 Å². The maximum absolute atomic E-state index is 11.9. The molecule has 11 nitrogen and oxygen atoms in total. The fourth-order valence-corrected chi connectivity index (χ4v) is 3.15. The summed E-state index contributed by atoms with van der Waals surface area (Å²) in [5, 5.41) is 12.1. The van der Waals surface area contributed by atoms with E-state index in [0.29, 0.717) is 31.6 Å². The first-order valence-corrected chi connectivity index (χ1v) is 11.2. The van der Waals surface area contributed by atoms with Crippen molar-refractivity contribution in [1.29, 1.82) is 0 Å². The maximum Gasteiger partial charge on any atom is 0.750 e. The van der Waals surface area contributed by atoms with Crippen LogP contribution in [0.1, 0.15) is 19.0 Å². The lowest BCUT2D eigenvalue weighted by Crippen LogP contribution is -2.25. The summed E-state index contributed by atoms with van der Waals surface area (Å²) in [6.07, 6.45) is 2.57. The SMILES string of the molecule is CC(N)C(=O)O.CF.COC(CCc1ccc2c(N)ncnn12)CO[P+](=O)Oc1ccccc1. The standard InChI is InChI=1S/C17H20N4O4P.C3H7NO2.CH3F/c1-23-15(11-24-26(22)25-14-5-3-2-4-6-14)9-7-13-8-10-16-17(18)19-12-20-21(13)16;1-2(4)3(5)6;1-2/h2-6,8,10,12,15H,7,9,11H2,1H3,(H2,18,19,20);2H,4H2,1H3,(H,5,6);1H3/q+1;;. The molecule has 34 heavy (non-hydrogen) atoms. The van der Waals surface area contributed by atoms with Crippen LogP contribution in [0.4, 0.5) is 10.2 Å². The van der Waals surface area contributed by atoms with Gasteiger partial charge in [0.05, 0.1) is 13.3 Å². The number of nitrogen functional groups attached to an aromatic ring is 1. The largest absolute Gasteiger partial charge is 0.750 e. The molecule has 0 radical (unpaired) electrons. The number of methoxy groups -OCH3 is 1. The molecule has 0 saturated carbocycles. The number of ether oxygens (including phenoxy) is 1. The van der Waals surface area contributed by atoms with Crippen LogP contribution in [0.25, 0.3) is 5.52 Å². The van der Waals surface area contributed by atoms with Gasteiger partial charge in [0.2, 0.25) is 0 Å². The lowest BCUT2D eigenvalue weighted by atomic mass is 10.1. The van der Waals surface area contributed by atoms with Crippen LogP contribution < -0.4 is 16.0 Å². The van der Waals surface area contributed by atoms with Gasteiger partial charge in [-0.3, -0.25) is 9.18 Å². The van der Waals surface area contributed by atoms with Crippen molar-refractivity contribution in [2.75, 3.05) is 26.6 Å². The second-order valence-corrected chi connectivity index (χ2v) is 7.60. The summed E-state index contributed by atoms with van der Waals surface area (Å²) in [6.45, 7) is 1.58. The number of nitrogens with two attached hydrogens (primary N) is 2. The number of halogens is 1. The first-order chi connectivity index (χ1) is 16.3. The molecule has 3 aromatic rings. The molecule has 0 fully saturated rings. The van der Waals surface area contributed by atoms with Crippen molar-refractivity contribution in [1.82, 2.24) is 14.6 Å². The number of aryl methyl sites for hydroxylation is 1. The molecule has 186 valence electrons. The van der Waals surface area contributed by atoms with E-state index in [-0.39, 0.29) is 12.7 Å². The predicted molar refractivity (Wildman–Crippen MR) is 125 cm³/mol. The van der Waals surface area contributed by atoms with Gasteiger partial charge in [-0.15, -0.1) is 4.52 Å². The fourth-order valence-electron chi connectivity index (χ4n) is 2.51. The van der Waals surface area contributed by atoms with Crippen LogP contribution in [0.15, 0.2) is 48.8 Å². The van der Waals surface area contributed by atoms with Crippen LogP contribution in [0.3, 0.4) is 0 Å². The van der Waals surface area contributed by atoms with Crippen LogP contribution in [0.2, 0.25) is 0 Å². The predicted octanol–water partition coefficient (Wildman–Crippen LogP) is 3.02. The lowest BCUT2D eigenvalue weighted by Gasteiger charge is -2.11. The quantitative estimate of drug-likeness (QED) is 0.354. The molecule has 0 aliphatic heterocycles. The number of para-hydroxylation sites is 1. The van der Waals surface area contributed by atoms with E-state index in [9.17, 15) is 13.8 Å². The second-order valence-electron chi connectivity index (χ2n) is 6.71. The Balaban J connectivity index is 0.000000631. The molecular weight excluding hydrogens is 468 g/mol. The number of alkyl halides is 1. The molecule has 0 saturated heterocycles. The van der Waals surface area contributed by atoms with E-state index in [4.69, 9.17) is 30.4 Å². The van der Waals surface area contributed by atoms with E-state index >= 15 is 0 Å². The van der Waals surface area contributed by atoms with Crippen LogP contribution in [0.5, 0.6) is 5.75 Å². The van der Waals surface area contributed by atoms with Gasteiger partial charge in [-0.2, -0.15) is 5.10 Å². The van der Waals surface area contributed by atoms with Crippen molar-refractivity contribution >= 4 is 25.6 Å². The highest BCUT2D eigenvalue weighted by molar-refractivity contribution is 7.33. The minimum Gasteiger partial charge on any atom is -0.480 e. The third kappa shape index (κ3) is 9.75. The average molecular weight is 498 g/mol. The van der Waals surface area contributed by atoms with Gasteiger partial charge in [0.15, 0.2) is 11.6 Å². The number of anilines is 1. The molecule has 13 heteroatoms. The molecule has 1 aromatic carbocycles. The molecule has 0 spiro atoms. The molecule has 3 atom stereocenters. The van der Waals surface area contributed by atoms with Gasteiger partial charge in [-0.05, 0) is 44.0 Å². The lowest BCUT2D eigenvalue weighted by molar-refractivity contribution is -0.138. The topological polar surface area (TPSA) is 164 Å². The highest BCUT2D eigenvalue weighted by Crippen LogP contribution is 2.28. The zero-order valence-electron chi connectivity index (χ0n) is 19.2. The van der Waals surface area contributed by atoms with Crippen molar-refractivity contribution in [3.63, 3.8) is 0 Å². The van der Waals surface area contributed by atoms with Crippen LogP contribution >= 0.6 is 8.25 Å². The zero-order valence-corrected chi connectivity index (χ0v) is 20.1. The molecule has 2 aromatic heterocycles. The van der Waals surface area contributed by atoms with E-state index in [0.717, 1.165) is 11.2 Å². The molecule has 0 aliphatic rings. The number of nitrogens with zero attached hydrogens (tertiary/aromatic N) is 3. The fraction of sp³-hybridized carbons (Fsp3) is 0.381. The number of benzene rings is 1. The van der Waals surface area contributed by atoms with Gasteiger partial charge in [0.1, 0.15) is 24.5 Å². The molecule has 0 amide bonds. The number of rotatable bonds is 10. The highest BCUT2D eigenvalue weighted by atomic mass is 31.1. The van der Waals surface area contributed by atoms with Gasteiger partial charge < -0.3 is 21.3 Å². The molecule has 2 heterocycles. The van der Waals surface area contributed by atoms with Crippen molar-refractivity contribution in [3.05, 3.63) is 54.5 Å². The third-order valence-corrected chi connectivity index (χ3v) is 5.01. The van der Waals surface area contributed by atoms with Gasteiger partial charge in [-0.1, -0.05) is 18.2 Å². The smallest absolute Gasteiger partial charge is 0.480 e. The Morgan fingerprint density at radius 2 is 1.88 bits per heavy atom. The van der Waals surface area contributed by atoms with E-state index < -0.39 is 20.3 Å². The monoisotopic (exact) mass is 498 g/mol. The molecule has 3 unspecified atom stereocenters. The number of hydrogen-bond acceptors (Lipinski definition) is 9. The number of carboxylic acids is 1. The molecule has 3 rings (SSSR count). The minimum atomic E-state index is -2.26. The maximum atomic E-state index is 11.9. The molecular formula is C21H30FN5O6P+.